The normalized spacial score (nSPS) is 20.4. The van der Waals surface area contributed by atoms with Crippen LogP contribution in [0.4, 0.5) is 5.69 Å². The van der Waals surface area contributed by atoms with Crippen molar-refractivity contribution in [1.82, 2.24) is 9.97 Å². The predicted octanol–water partition coefficient (Wildman–Crippen LogP) is 0.223. The van der Waals surface area contributed by atoms with Gasteiger partial charge in [0, 0.05) is 18.3 Å². The van der Waals surface area contributed by atoms with Crippen LogP contribution in [0.25, 0.3) is 0 Å². The Balaban J connectivity index is 2.39. The number of rotatable bonds is 2. The molecule has 7 heteroatoms. The minimum absolute atomic E-state index is 0.0593. The Morgan fingerprint density at radius 2 is 2.38 bits per heavy atom. The molecule has 0 spiro atoms. The number of nitrogens with one attached hydrogen (secondary N) is 1. The molecule has 1 unspecified atom stereocenters. The number of hydrogen-bond donors (Lipinski definition) is 2. The summed E-state index contributed by atoms with van der Waals surface area (Å²) in [6, 6.07) is 0. The first-order valence-electron chi connectivity index (χ1n) is 4.76. The number of alkyl halides is 1. The molecule has 1 aliphatic rings. The van der Waals surface area contributed by atoms with E-state index < -0.39 is 11.4 Å². The van der Waals surface area contributed by atoms with E-state index in [2.05, 4.69) is 25.9 Å². The van der Waals surface area contributed by atoms with Crippen LogP contribution in [-0.4, -0.2) is 32.9 Å². The van der Waals surface area contributed by atoms with E-state index in [9.17, 15) is 14.7 Å². The second kappa shape index (κ2) is 4.25. The summed E-state index contributed by atoms with van der Waals surface area (Å²) in [7, 11) is 0. The van der Waals surface area contributed by atoms with Gasteiger partial charge in [0.05, 0.1) is 6.33 Å². The number of carbonyl (C=O) groups excluding carboxylic acids is 1. The monoisotopic (exact) mass is 287 g/mol. The third-order valence-corrected chi connectivity index (χ3v) is 3.42. The zero-order valence-corrected chi connectivity index (χ0v) is 9.90. The van der Waals surface area contributed by atoms with E-state index in [0.717, 1.165) is 6.33 Å². The first-order valence-corrected chi connectivity index (χ1v) is 5.88. The van der Waals surface area contributed by atoms with E-state index in [4.69, 9.17) is 0 Å². The van der Waals surface area contributed by atoms with Gasteiger partial charge in [-0.05, 0) is 5.92 Å². The fourth-order valence-electron chi connectivity index (χ4n) is 1.73. The first-order chi connectivity index (χ1) is 7.63. The summed E-state index contributed by atoms with van der Waals surface area (Å²) >= 11 is 3.30. The van der Waals surface area contributed by atoms with Crippen LogP contribution in [0.3, 0.4) is 0 Å². The van der Waals surface area contributed by atoms with E-state index in [1.165, 1.54) is 4.90 Å². The molecular formula is C9H10BrN3O3. The number of nitrogens with zero attached hydrogens (tertiary/aromatic N) is 2. The molecule has 1 aromatic heterocycles. The number of halogens is 1. The van der Waals surface area contributed by atoms with Crippen molar-refractivity contribution in [2.75, 3.05) is 16.8 Å². The Bertz CT molecular complexity index is 473. The molecule has 1 amide bonds. The van der Waals surface area contributed by atoms with Crippen molar-refractivity contribution in [3.05, 3.63) is 16.7 Å². The molecule has 0 bridgehead atoms. The molecule has 16 heavy (non-hydrogen) atoms. The fraction of sp³-hybridized carbons (Fsp3) is 0.444. The SMILES string of the molecule is O=C1CC(CBr)CN1c1c(O)nc[nH]c1=O. The van der Waals surface area contributed by atoms with Crippen LogP contribution in [0.5, 0.6) is 5.88 Å². The average Bonchev–Trinajstić information content (AvgIpc) is 2.60. The number of anilines is 1. The van der Waals surface area contributed by atoms with Gasteiger partial charge in [-0.25, -0.2) is 4.98 Å². The van der Waals surface area contributed by atoms with Crippen molar-refractivity contribution in [1.29, 1.82) is 0 Å². The van der Waals surface area contributed by atoms with Gasteiger partial charge in [-0.3, -0.25) is 9.59 Å². The van der Waals surface area contributed by atoms with Gasteiger partial charge in [0.2, 0.25) is 11.8 Å². The maximum absolute atomic E-state index is 11.7. The number of aromatic hydroxyl groups is 1. The summed E-state index contributed by atoms with van der Waals surface area (Å²) in [5.41, 5.74) is -0.563. The third-order valence-electron chi connectivity index (χ3n) is 2.50. The molecule has 6 nitrogen and oxygen atoms in total. The fourth-order valence-corrected chi connectivity index (χ4v) is 2.16. The third kappa shape index (κ3) is 1.82. The summed E-state index contributed by atoms with van der Waals surface area (Å²) in [5.74, 6) is -0.419. The molecule has 86 valence electrons. The molecule has 1 atom stereocenters. The minimum atomic E-state index is -0.504. The maximum Gasteiger partial charge on any atom is 0.278 e. The molecule has 0 aromatic carbocycles. The Kier molecular flexibility index (Phi) is 2.95. The van der Waals surface area contributed by atoms with Gasteiger partial charge >= 0.3 is 0 Å². The molecule has 2 heterocycles. The largest absolute Gasteiger partial charge is 0.492 e. The van der Waals surface area contributed by atoms with Gasteiger partial charge in [0.15, 0.2) is 5.69 Å². The summed E-state index contributed by atoms with van der Waals surface area (Å²) in [5, 5.41) is 10.2. The van der Waals surface area contributed by atoms with Crippen LogP contribution in [0.15, 0.2) is 11.1 Å². The molecule has 0 aliphatic carbocycles. The number of hydrogen-bond acceptors (Lipinski definition) is 4. The minimum Gasteiger partial charge on any atom is -0.492 e. The van der Waals surface area contributed by atoms with Gasteiger partial charge < -0.3 is 15.0 Å². The van der Waals surface area contributed by atoms with E-state index in [1.54, 1.807) is 0 Å². The standard InChI is InChI=1S/C9H10BrN3O3/c10-2-5-1-6(14)13(3-5)7-8(15)11-4-12-9(7)16/h4-5H,1-3H2,(H2,11,12,15,16). The second-order valence-electron chi connectivity index (χ2n) is 3.63. The average molecular weight is 288 g/mol. The Hall–Kier alpha value is -1.37. The van der Waals surface area contributed by atoms with E-state index in [1.807, 2.05) is 0 Å². The Labute approximate surface area is 99.4 Å². The predicted molar refractivity (Wildman–Crippen MR) is 60.8 cm³/mol. The van der Waals surface area contributed by atoms with E-state index in [0.29, 0.717) is 18.3 Å². The van der Waals surface area contributed by atoms with Gasteiger partial charge in [-0.1, -0.05) is 15.9 Å². The molecule has 1 aliphatic heterocycles. The van der Waals surface area contributed by atoms with Crippen molar-refractivity contribution in [3.8, 4) is 5.88 Å². The van der Waals surface area contributed by atoms with Gasteiger partial charge in [-0.15, -0.1) is 0 Å². The van der Waals surface area contributed by atoms with Crippen LogP contribution in [0.1, 0.15) is 6.42 Å². The lowest BCUT2D eigenvalue weighted by molar-refractivity contribution is -0.117. The lowest BCUT2D eigenvalue weighted by Crippen LogP contribution is -2.30. The molecule has 0 saturated carbocycles. The topological polar surface area (TPSA) is 86.3 Å². The molecule has 1 fully saturated rings. The zero-order valence-electron chi connectivity index (χ0n) is 8.31. The quantitative estimate of drug-likeness (QED) is 0.762. The van der Waals surface area contributed by atoms with Crippen LogP contribution >= 0.6 is 15.9 Å². The van der Waals surface area contributed by atoms with Crippen LogP contribution < -0.4 is 10.5 Å². The van der Waals surface area contributed by atoms with Gasteiger partial charge in [0.1, 0.15) is 0 Å². The molecule has 0 radical (unpaired) electrons. The van der Waals surface area contributed by atoms with Crippen molar-refractivity contribution >= 4 is 27.5 Å². The van der Waals surface area contributed by atoms with Crippen molar-refractivity contribution in [2.24, 2.45) is 5.92 Å². The molecule has 1 aromatic rings. The van der Waals surface area contributed by atoms with Crippen molar-refractivity contribution < 1.29 is 9.90 Å². The summed E-state index contributed by atoms with van der Waals surface area (Å²) in [4.78, 5) is 30.4. The number of H-pyrrole nitrogens is 1. The lowest BCUT2D eigenvalue weighted by atomic mass is 10.2. The lowest BCUT2D eigenvalue weighted by Gasteiger charge is -2.15. The van der Waals surface area contributed by atoms with E-state index in [-0.39, 0.29) is 17.5 Å². The summed E-state index contributed by atoms with van der Waals surface area (Å²) in [6.45, 7) is 0.423. The zero-order chi connectivity index (χ0) is 11.7. The van der Waals surface area contributed by atoms with Crippen molar-refractivity contribution in [3.63, 3.8) is 0 Å². The molecule has 1 saturated heterocycles. The molecule has 2 rings (SSSR count). The first kappa shape index (κ1) is 11.1. The number of aromatic amines is 1. The summed E-state index contributed by atoms with van der Waals surface area (Å²) in [6.07, 6.45) is 1.47. The van der Waals surface area contributed by atoms with Crippen LogP contribution in [0.2, 0.25) is 0 Å². The van der Waals surface area contributed by atoms with Gasteiger partial charge in [0.25, 0.3) is 5.56 Å². The Morgan fingerprint density at radius 3 is 2.94 bits per heavy atom. The van der Waals surface area contributed by atoms with Crippen LogP contribution in [0, 0.1) is 5.92 Å². The Morgan fingerprint density at radius 1 is 1.62 bits per heavy atom. The van der Waals surface area contributed by atoms with Gasteiger partial charge in [-0.2, -0.15) is 0 Å². The highest BCUT2D eigenvalue weighted by atomic mass is 79.9. The molecule has 2 N–H and O–H groups in total. The second-order valence-corrected chi connectivity index (χ2v) is 4.28. The van der Waals surface area contributed by atoms with Crippen LogP contribution in [-0.2, 0) is 4.79 Å². The smallest absolute Gasteiger partial charge is 0.278 e. The molecular weight excluding hydrogens is 278 g/mol. The highest BCUT2D eigenvalue weighted by Crippen LogP contribution is 2.27. The number of amides is 1. The summed E-state index contributed by atoms with van der Waals surface area (Å²) < 4.78 is 0. The highest BCUT2D eigenvalue weighted by Gasteiger charge is 2.33. The van der Waals surface area contributed by atoms with E-state index >= 15 is 0 Å². The number of aromatic nitrogens is 2. The number of carbonyl (C=O) groups is 1. The maximum atomic E-state index is 11.7. The highest BCUT2D eigenvalue weighted by molar-refractivity contribution is 9.09. The van der Waals surface area contributed by atoms with Crippen molar-refractivity contribution in [2.45, 2.75) is 6.42 Å².